The number of halogens is 1. The average Bonchev–Trinajstić information content (AvgIpc) is 3.31. The zero-order chi connectivity index (χ0) is 19.5. The SMILES string of the molecule is Cc1nn(Cc2ccccc2)c(Cl)c1C(=O)N1CCN(Cc2ccsc2)CC1. The summed E-state index contributed by atoms with van der Waals surface area (Å²) < 4.78 is 1.71. The maximum absolute atomic E-state index is 13.1. The molecule has 0 aliphatic carbocycles. The first kappa shape index (κ1) is 19.2. The van der Waals surface area contributed by atoms with Crippen molar-refractivity contribution < 1.29 is 4.79 Å². The number of hydrogen-bond donors (Lipinski definition) is 0. The number of piperazine rings is 1. The van der Waals surface area contributed by atoms with Gasteiger partial charge in [0.2, 0.25) is 0 Å². The number of aromatic nitrogens is 2. The molecule has 1 fully saturated rings. The lowest BCUT2D eigenvalue weighted by molar-refractivity contribution is 0.0628. The molecule has 1 aromatic carbocycles. The van der Waals surface area contributed by atoms with Crippen LogP contribution in [0.2, 0.25) is 5.15 Å². The maximum atomic E-state index is 13.1. The van der Waals surface area contributed by atoms with Gasteiger partial charge in [-0.15, -0.1) is 0 Å². The Morgan fingerprint density at radius 2 is 1.82 bits per heavy atom. The Kier molecular flexibility index (Phi) is 5.80. The topological polar surface area (TPSA) is 41.4 Å². The van der Waals surface area contributed by atoms with E-state index in [1.165, 1.54) is 5.56 Å². The third-order valence-electron chi connectivity index (χ3n) is 5.10. The fraction of sp³-hybridized carbons (Fsp3) is 0.333. The predicted molar refractivity (Wildman–Crippen MR) is 113 cm³/mol. The molecule has 0 atom stereocenters. The molecule has 146 valence electrons. The normalized spacial score (nSPS) is 15.1. The summed E-state index contributed by atoms with van der Waals surface area (Å²) in [6.45, 7) is 6.52. The standard InChI is InChI=1S/C21H23ClN4OS/c1-16-19(20(22)26(23-16)14-17-5-3-2-4-6-17)21(27)25-10-8-24(9-11-25)13-18-7-12-28-15-18/h2-7,12,15H,8-11,13-14H2,1H3. The molecule has 0 saturated carbocycles. The van der Waals surface area contributed by atoms with Gasteiger partial charge in [0.05, 0.1) is 17.8 Å². The first-order valence-electron chi connectivity index (χ1n) is 9.41. The molecule has 0 radical (unpaired) electrons. The molecule has 1 aliphatic rings. The van der Waals surface area contributed by atoms with Crippen LogP contribution < -0.4 is 0 Å². The zero-order valence-electron chi connectivity index (χ0n) is 15.8. The second-order valence-corrected chi connectivity index (χ2v) is 8.23. The molecule has 7 heteroatoms. The number of carbonyl (C=O) groups is 1. The number of carbonyl (C=O) groups excluding carboxylic acids is 1. The van der Waals surface area contributed by atoms with E-state index in [1.807, 2.05) is 42.2 Å². The first-order chi connectivity index (χ1) is 13.6. The van der Waals surface area contributed by atoms with Crippen molar-refractivity contribution in [3.8, 4) is 0 Å². The zero-order valence-corrected chi connectivity index (χ0v) is 17.4. The quantitative estimate of drug-likeness (QED) is 0.635. The first-order valence-corrected chi connectivity index (χ1v) is 10.7. The van der Waals surface area contributed by atoms with Crippen LogP contribution in [0.3, 0.4) is 0 Å². The second-order valence-electron chi connectivity index (χ2n) is 7.09. The van der Waals surface area contributed by atoms with E-state index in [0.29, 0.717) is 36.0 Å². The van der Waals surface area contributed by atoms with Gasteiger partial charge in [-0.3, -0.25) is 9.69 Å². The van der Waals surface area contributed by atoms with E-state index in [1.54, 1.807) is 16.0 Å². The summed E-state index contributed by atoms with van der Waals surface area (Å²) in [6, 6.07) is 12.2. The summed E-state index contributed by atoms with van der Waals surface area (Å²) >= 11 is 8.28. The van der Waals surface area contributed by atoms with Crippen LogP contribution in [-0.2, 0) is 13.1 Å². The van der Waals surface area contributed by atoms with Crippen molar-refractivity contribution in [2.45, 2.75) is 20.0 Å². The fourth-order valence-corrected chi connectivity index (χ4v) is 4.54. The van der Waals surface area contributed by atoms with E-state index in [2.05, 4.69) is 26.8 Å². The van der Waals surface area contributed by atoms with Crippen LogP contribution in [0.25, 0.3) is 0 Å². The molecule has 5 nitrogen and oxygen atoms in total. The van der Waals surface area contributed by atoms with Crippen molar-refractivity contribution in [2.24, 2.45) is 0 Å². The van der Waals surface area contributed by atoms with Crippen molar-refractivity contribution in [2.75, 3.05) is 26.2 Å². The highest BCUT2D eigenvalue weighted by molar-refractivity contribution is 7.07. The Morgan fingerprint density at radius 3 is 2.50 bits per heavy atom. The monoisotopic (exact) mass is 414 g/mol. The van der Waals surface area contributed by atoms with Gasteiger partial charge in [-0.2, -0.15) is 16.4 Å². The Labute approximate surface area is 174 Å². The van der Waals surface area contributed by atoms with Crippen LogP contribution in [0.5, 0.6) is 0 Å². The molecule has 0 unspecified atom stereocenters. The smallest absolute Gasteiger partial charge is 0.258 e. The number of thiophene rings is 1. The molecule has 1 aliphatic heterocycles. The predicted octanol–water partition coefficient (Wildman–Crippen LogP) is 3.91. The molecule has 4 rings (SSSR count). The van der Waals surface area contributed by atoms with Crippen LogP contribution in [-0.4, -0.2) is 51.7 Å². The van der Waals surface area contributed by atoms with Crippen molar-refractivity contribution in [1.82, 2.24) is 19.6 Å². The lowest BCUT2D eigenvalue weighted by Gasteiger charge is -2.34. The summed E-state index contributed by atoms with van der Waals surface area (Å²) in [6.07, 6.45) is 0. The Bertz CT molecular complexity index is 931. The van der Waals surface area contributed by atoms with E-state index in [0.717, 1.165) is 25.2 Å². The molecule has 3 aromatic rings. The van der Waals surface area contributed by atoms with Gasteiger partial charge in [0.25, 0.3) is 5.91 Å². The molecular formula is C21H23ClN4OS. The van der Waals surface area contributed by atoms with Crippen molar-refractivity contribution in [3.05, 3.63) is 74.7 Å². The summed E-state index contributed by atoms with van der Waals surface area (Å²) in [5.41, 5.74) is 3.66. The maximum Gasteiger partial charge on any atom is 0.258 e. The molecule has 0 N–H and O–H groups in total. The largest absolute Gasteiger partial charge is 0.336 e. The van der Waals surface area contributed by atoms with Gasteiger partial charge in [0, 0.05) is 32.7 Å². The van der Waals surface area contributed by atoms with Crippen LogP contribution in [0.4, 0.5) is 0 Å². The summed E-state index contributed by atoms with van der Waals surface area (Å²) in [5, 5.41) is 9.22. The third-order valence-corrected chi connectivity index (χ3v) is 6.22. The van der Waals surface area contributed by atoms with Gasteiger partial charge in [0.1, 0.15) is 5.15 Å². The lowest BCUT2D eigenvalue weighted by Crippen LogP contribution is -2.48. The van der Waals surface area contributed by atoms with Crippen molar-refractivity contribution >= 4 is 28.8 Å². The van der Waals surface area contributed by atoms with E-state index < -0.39 is 0 Å². The number of nitrogens with zero attached hydrogens (tertiary/aromatic N) is 4. The van der Waals surface area contributed by atoms with E-state index >= 15 is 0 Å². The van der Waals surface area contributed by atoms with E-state index in [-0.39, 0.29) is 5.91 Å². The Hall–Kier alpha value is -2.15. The van der Waals surface area contributed by atoms with Gasteiger partial charge >= 0.3 is 0 Å². The Balaban J connectivity index is 1.42. The molecule has 1 saturated heterocycles. The minimum atomic E-state index is -0.0167. The third kappa shape index (κ3) is 4.14. The summed E-state index contributed by atoms with van der Waals surface area (Å²) in [7, 11) is 0. The number of aryl methyl sites for hydroxylation is 1. The number of benzene rings is 1. The van der Waals surface area contributed by atoms with E-state index in [9.17, 15) is 4.79 Å². The van der Waals surface area contributed by atoms with Crippen LogP contribution in [0.1, 0.15) is 27.2 Å². The van der Waals surface area contributed by atoms with Crippen molar-refractivity contribution in [1.29, 1.82) is 0 Å². The average molecular weight is 415 g/mol. The van der Waals surface area contributed by atoms with Gasteiger partial charge in [-0.1, -0.05) is 41.9 Å². The molecule has 1 amide bonds. The van der Waals surface area contributed by atoms with Crippen LogP contribution in [0, 0.1) is 6.92 Å². The van der Waals surface area contributed by atoms with Crippen LogP contribution >= 0.6 is 22.9 Å². The minimum absolute atomic E-state index is 0.0167. The number of hydrogen-bond acceptors (Lipinski definition) is 4. The molecule has 3 heterocycles. The molecule has 0 spiro atoms. The highest BCUT2D eigenvalue weighted by Gasteiger charge is 2.27. The summed E-state index contributed by atoms with van der Waals surface area (Å²) in [5.74, 6) is -0.0167. The molecule has 28 heavy (non-hydrogen) atoms. The fourth-order valence-electron chi connectivity index (χ4n) is 3.57. The highest BCUT2D eigenvalue weighted by atomic mass is 35.5. The molecular weight excluding hydrogens is 392 g/mol. The van der Waals surface area contributed by atoms with Gasteiger partial charge in [0.15, 0.2) is 0 Å². The van der Waals surface area contributed by atoms with Gasteiger partial charge < -0.3 is 4.90 Å². The van der Waals surface area contributed by atoms with Crippen molar-refractivity contribution in [3.63, 3.8) is 0 Å². The Morgan fingerprint density at radius 1 is 1.07 bits per heavy atom. The molecule has 0 bridgehead atoms. The molecule has 2 aromatic heterocycles. The lowest BCUT2D eigenvalue weighted by atomic mass is 10.2. The summed E-state index contributed by atoms with van der Waals surface area (Å²) in [4.78, 5) is 17.4. The van der Waals surface area contributed by atoms with Gasteiger partial charge in [-0.05, 0) is 34.9 Å². The minimum Gasteiger partial charge on any atom is -0.336 e. The van der Waals surface area contributed by atoms with E-state index in [4.69, 9.17) is 11.6 Å². The number of amides is 1. The second kappa shape index (κ2) is 8.47. The van der Waals surface area contributed by atoms with Crippen LogP contribution in [0.15, 0.2) is 47.2 Å². The highest BCUT2D eigenvalue weighted by Crippen LogP contribution is 2.23. The number of rotatable bonds is 5. The van der Waals surface area contributed by atoms with Gasteiger partial charge in [-0.25, -0.2) is 4.68 Å².